The van der Waals surface area contributed by atoms with Gasteiger partial charge in [0.05, 0.1) is 5.54 Å². The molecule has 1 fully saturated rings. The number of nitrogens with zero attached hydrogens (tertiary/aromatic N) is 2. The molecular weight excluding hydrogens is 257 g/mol. The highest BCUT2D eigenvalue weighted by Gasteiger charge is 2.34. The third-order valence-electron chi connectivity index (χ3n) is 4.02. The smallest absolute Gasteiger partial charge is 0.258 e. The number of halogens is 1. The molecule has 5 heteroatoms. The van der Waals surface area contributed by atoms with Gasteiger partial charge in [0.15, 0.2) is 5.82 Å². The Morgan fingerprint density at radius 1 is 1.25 bits per heavy atom. The van der Waals surface area contributed by atoms with Crippen LogP contribution in [0.2, 0.25) is 0 Å². The number of rotatable bonds is 2. The van der Waals surface area contributed by atoms with Crippen molar-refractivity contribution in [1.29, 1.82) is 0 Å². The highest BCUT2D eigenvalue weighted by atomic mass is 19.1. The van der Waals surface area contributed by atoms with Gasteiger partial charge < -0.3 is 10.3 Å². The van der Waals surface area contributed by atoms with Crippen molar-refractivity contribution in [3.05, 3.63) is 35.4 Å². The lowest BCUT2D eigenvalue weighted by Gasteiger charge is -2.29. The molecule has 0 radical (unpaired) electrons. The lowest BCUT2D eigenvalue weighted by Crippen LogP contribution is -2.39. The highest BCUT2D eigenvalue weighted by molar-refractivity contribution is 5.54. The van der Waals surface area contributed by atoms with Crippen LogP contribution >= 0.6 is 0 Å². The Morgan fingerprint density at radius 2 is 2.00 bits per heavy atom. The maximum atomic E-state index is 13.3. The first-order valence-corrected chi connectivity index (χ1v) is 6.98. The Balaban J connectivity index is 1.91. The number of benzene rings is 1. The Bertz CT molecular complexity index is 617. The Labute approximate surface area is 117 Å². The second-order valence-electron chi connectivity index (χ2n) is 5.60. The van der Waals surface area contributed by atoms with Gasteiger partial charge >= 0.3 is 0 Å². The number of hydrogen-bond donors (Lipinski definition) is 1. The van der Waals surface area contributed by atoms with Crippen LogP contribution in [0, 0.1) is 12.7 Å². The zero-order valence-corrected chi connectivity index (χ0v) is 11.5. The molecule has 0 saturated heterocycles. The molecule has 2 N–H and O–H groups in total. The standard InChI is InChI=1S/C15H18FN3O/c1-10-9-11(5-6-12(10)16)13-18-14(19-20-13)15(17)7-3-2-4-8-15/h5-6,9H,2-4,7-8,17H2,1H3. The van der Waals surface area contributed by atoms with Gasteiger partial charge in [-0.2, -0.15) is 4.98 Å². The molecular formula is C15H18FN3O. The zero-order chi connectivity index (χ0) is 14.2. The summed E-state index contributed by atoms with van der Waals surface area (Å²) in [5.41, 5.74) is 7.19. The van der Waals surface area contributed by atoms with E-state index < -0.39 is 5.54 Å². The van der Waals surface area contributed by atoms with Gasteiger partial charge in [-0.05, 0) is 43.5 Å². The van der Waals surface area contributed by atoms with Gasteiger partial charge in [0.2, 0.25) is 0 Å². The van der Waals surface area contributed by atoms with Crippen LogP contribution in [0.4, 0.5) is 4.39 Å². The number of aryl methyl sites for hydroxylation is 1. The minimum absolute atomic E-state index is 0.240. The van der Waals surface area contributed by atoms with E-state index in [1.807, 2.05) is 0 Å². The molecule has 0 spiro atoms. The summed E-state index contributed by atoms with van der Waals surface area (Å²) in [5.74, 6) is 0.726. The van der Waals surface area contributed by atoms with Crippen LogP contribution in [0.5, 0.6) is 0 Å². The van der Waals surface area contributed by atoms with Crippen LogP contribution in [0.1, 0.15) is 43.5 Å². The van der Waals surface area contributed by atoms with Gasteiger partial charge in [-0.25, -0.2) is 4.39 Å². The minimum atomic E-state index is -0.477. The van der Waals surface area contributed by atoms with Crippen molar-refractivity contribution >= 4 is 0 Å². The van der Waals surface area contributed by atoms with E-state index in [0.29, 0.717) is 17.3 Å². The molecule has 4 nitrogen and oxygen atoms in total. The summed E-state index contributed by atoms with van der Waals surface area (Å²) in [6.45, 7) is 1.71. The third kappa shape index (κ3) is 2.33. The summed E-state index contributed by atoms with van der Waals surface area (Å²) in [6.07, 6.45) is 5.16. The SMILES string of the molecule is Cc1cc(-c2nc(C3(N)CCCCC3)no2)ccc1F. The molecule has 1 aliphatic carbocycles. The Kier molecular flexibility index (Phi) is 3.30. The van der Waals surface area contributed by atoms with Gasteiger partial charge in [0.25, 0.3) is 5.89 Å². The van der Waals surface area contributed by atoms with Crippen LogP contribution in [-0.4, -0.2) is 10.1 Å². The summed E-state index contributed by atoms with van der Waals surface area (Å²) in [4.78, 5) is 4.42. The van der Waals surface area contributed by atoms with Crippen LogP contribution in [0.15, 0.2) is 22.7 Å². The van der Waals surface area contributed by atoms with Crippen molar-refractivity contribution in [3.8, 4) is 11.5 Å². The van der Waals surface area contributed by atoms with E-state index in [1.165, 1.54) is 12.5 Å². The van der Waals surface area contributed by atoms with Crippen molar-refractivity contribution in [3.63, 3.8) is 0 Å². The molecule has 0 bridgehead atoms. The van der Waals surface area contributed by atoms with E-state index >= 15 is 0 Å². The molecule has 20 heavy (non-hydrogen) atoms. The summed E-state index contributed by atoms with van der Waals surface area (Å²) in [7, 11) is 0. The van der Waals surface area contributed by atoms with E-state index in [0.717, 1.165) is 31.2 Å². The first kappa shape index (κ1) is 13.2. The molecule has 1 aromatic heterocycles. The number of nitrogens with two attached hydrogens (primary N) is 1. The molecule has 106 valence electrons. The summed E-state index contributed by atoms with van der Waals surface area (Å²) in [5, 5.41) is 4.04. The van der Waals surface area contributed by atoms with Crippen LogP contribution in [-0.2, 0) is 5.54 Å². The molecule has 2 aromatic rings. The van der Waals surface area contributed by atoms with Crippen LogP contribution in [0.3, 0.4) is 0 Å². The fraction of sp³-hybridized carbons (Fsp3) is 0.467. The van der Waals surface area contributed by atoms with Gasteiger partial charge in [0, 0.05) is 5.56 Å². The van der Waals surface area contributed by atoms with Gasteiger partial charge in [-0.15, -0.1) is 0 Å². The molecule has 0 amide bonds. The predicted octanol–water partition coefficient (Wildman–Crippen LogP) is 3.30. The lowest BCUT2D eigenvalue weighted by molar-refractivity contribution is 0.275. The summed E-state index contributed by atoms with van der Waals surface area (Å²) < 4.78 is 18.6. The van der Waals surface area contributed by atoms with Gasteiger partial charge in [0.1, 0.15) is 5.82 Å². The van der Waals surface area contributed by atoms with E-state index in [9.17, 15) is 4.39 Å². The maximum Gasteiger partial charge on any atom is 0.258 e. The first-order chi connectivity index (χ1) is 9.58. The Morgan fingerprint density at radius 3 is 2.70 bits per heavy atom. The predicted molar refractivity (Wildman–Crippen MR) is 73.4 cm³/mol. The monoisotopic (exact) mass is 275 g/mol. The maximum absolute atomic E-state index is 13.3. The fourth-order valence-electron chi connectivity index (χ4n) is 2.73. The third-order valence-corrected chi connectivity index (χ3v) is 4.02. The van der Waals surface area contributed by atoms with E-state index in [2.05, 4.69) is 10.1 Å². The minimum Gasteiger partial charge on any atom is -0.334 e. The second kappa shape index (κ2) is 4.98. The topological polar surface area (TPSA) is 64.9 Å². The molecule has 1 aliphatic rings. The van der Waals surface area contributed by atoms with E-state index in [4.69, 9.17) is 10.3 Å². The zero-order valence-electron chi connectivity index (χ0n) is 11.5. The fourth-order valence-corrected chi connectivity index (χ4v) is 2.73. The summed E-state index contributed by atoms with van der Waals surface area (Å²) in [6, 6.07) is 4.76. The van der Waals surface area contributed by atoms with Gasteiger partial charge in [-0.3, -0.25) is 0 Å². The van der Waals surface area contributed by atoms with Crippen LogP contribution in [0.25, 0.3) is 11.5 Å². The normalized spacial score (nSPS) is 18.1. The lowest BCUT2D eigenvalue weighted by atomic mass is 9.82. The average molecular weight is 275 g/mol. The van der Waals surface area contributed by atoms with Crippen LogP contribution < -0.4 is 5.73 Å². The molecule has 1 heterocycles. The van der Waals surface area contributed by atoms with E-state index in [-0.39, 0.29) is 5.82 Å². The second-order valence-corrected chi connectivity index (χ2v) is 5.60. The molecule has 3 rings (SSSR count). The molecule has 0 atom stereocenters. The molecule has 1 saturated carbocycles. The molecule has 1 aromatic carbocycles. The largest absolute Gasteiger partial charge is 0.334 e. The van der Waals surface area contributed by atoms with Crippen molar-refractivity contribution < 1.29 is 8.91 Å². The Hall–Kier alpha value is -1.75. The average Bonchev–Trinajstić information content (AvgIpc) is 2.93. The van der Waals surface area contributed by atoms with Crippen molar-refractivity contribution in [1.82, 2.24) is 10.1 Å². The molecule has 0 aliphatic heterocycles. The molecule has 0 unspecified atom stereocenters. The number of aromatic nitrogens is 2. The summed E-state index contributed by atoms with van der Waals surface area (Å²) >= 11 is 0. The van der Waals surface area contributed by atoms with E-state index in [1.54, 1.807) is 19.1 Å². The number of hydrogen-bond acceptors (Lipinski definition) is 4. The van der Waals surface area contributed by atoms with Crippen molar-refractivity contribution in [2.24, 2.45) is 5.73 Å². The quantitative estimate of drug-likeness (QED) is 0.913. The van der Waals surface area contributed by atoms with Gasteiger partial charge in [-0.1, -0.05) is 24.4 Å². The first-order valence-electron chi connectivity index (χ1n) is 6.98. The van der Waals surface area contributed by atoms with Crippen molar-refractivity contribution in [2.75, 3.05) is 0 Å². The highest BCUT2D eigenvalue weighted by Crippen LogP contribution is 2.34. The van der Waals surface area contributed by atoms with Crippen molar-refractivity contribution in [2.45, 2.75) is 44.6 Å².